The van der Waals surface area contributed by atoms with Gasteiger partial charge in [-0.2, -0.15) is 5.10 Å². The summed E-state index contributed by atoms with van der Waals surface area (Å²) >= 11 is 0. The number of fused-ring (bicyclic) bond motifs is 1. The topological polar surface area (TPSA) is 64.4 Å². The van der Waals surface area contributed by atoms with Crippen LogP contribution < -0.4 is 0 Å². The van der Waals surface area contributed by atoms with E-state index in [2.05, 4.69) is 11.2 Å². The maximum atomic E-state index is 13.4. The number of benzene rings is 1. The number of aromatic nitrogens is 2. The van der Waals surface area contributed by atoms with Gasteiger partial charge in [-0.15, -0.1) is 0 Å². The molecule has 1 fully saturated rings. The Balaban J connectivity index is 1.33. The summed E-state index contributed by atoms with van der Waals surface area (Å²) in [6.07, 6.45) is 11.9. The molecule has 0 radical (unpaired) electrons. The molecule has 3 aliphatic carbocycles. The molecule has 1 amide bonds. The van der Waals surface area contributed by atoms with Crippen LogP contribution in [0.25, 0.3) is 5.69 Å². The number of amides is 1. The van der Waals surface area contributed by atoms with Gasteiger partial charge in [-0.3, -0.25) is 4.79 Å². The number of allylic oxidation sites excluding steroid dienone is 2. The molecule has 0 atom stereocenters. The van der Waals surface area contributed by atoms with Crippen molar-refractivity contribution >= 4 is 11.9 Å². The summed E-state index contributed by atoms with van der Waals surface area (Å²) < 4.78 is 20.6. The lowest BCUT2D eigenvalue weighted by Crippen LogP contribution is -2.36. The maximum Gasteiger partial charge on any atom is 0.359 e. The first-order valence-corrected chi connectivity index (χ1v) is 11.7. The Morgan fingerprint density at radius 3 is 2.53 bits per heavy atom. The minimum Gasteiger partial charge on any atom is -0.451 e. The highest BCUT2D eigenvalue weighted by atomic mass is 19.1. The van der Waals surface area contributed by atoms with Crippen molar-refractivity contribution in [2.75, 3.05) is 6.61 Å². The van der Waals surface area contributed by atoms with Gasteiger partial charge in [0.15, 0.2) is 12.3 Å². The van der Waals surface area contributed by atoms with Gasteiger partial charge >= 0.3 is 5.97 Å². The van der Waals surface area contributed by atoms with Crippen LogP contribution in [0.3, 0.4) is 0 Å². The predicted octanol–water partition coefficient (Wildman–Crippen LogP) is 4.50. The van der Waals surface area contributed by atoms with E-state index in [-0.39, 0.29) is 30.1 Å². The number of hydrogen-bond donors (Lipinski definition) is 0. The molecule has 1 saturated carbocycles. The van der Waals surface area contributed by atoms with E-state index < -0.39 is 5.97 Å². The van der Waals surface area contributed by atoms with Crippen LogP contribution in [-0.4, -0.2) is 39.2 Å². The largest absolute Gasteiger partial charge is 0.451 e. The summed E-state index contributed by atoms with van der Waals surface area (Å²) in [5, 5.41) is 4.54. The van der Waals surface area contributed by atoms with Crippen LogP contribution >= 0.6 is 0 Å². The number of rotatable bonds is 6. The SMILES string of the molecule is O=C(OCC(=O)N(C1=CCCCC1)C1CC1)c1nn(-c2ccc(F)cc2)c2c1CCCC2. The average Bonchev–Trinajstić information content (AvgIpc) is 3.58. The molecule has 5 rings (SSSR count). The zero-order valence-corrected chi connectivity index (χ0v) is 18.2. The number of hydrogen-bond acceptors (Lipinski definition) is 4. The molecule has 2 aromatic rings. The Labute approximate surface area is 187 Å². The molecule has 0 N–H and O–H groups in total. The summed E-state index contributed by atoms with van der Waals surface area (Å²) in [7, 11) is 0. The van der Waals surface area contributed by atoms with Crippen molar-refractivity contribution in [3.63, 3.8) is 0 Å². The summed E-state index contributed by atoms with van der Waals surface area (Å²) in [6, 6.07) is 6.32. The van der Waals surface area contributed by atoms with Crippen molar-refractivity contribution in [1.29, 1.82) is 0 Å². The van der Waals surface area contributed by atoms with Crippen LogP contribution in [0.15, 0.2) is 36.0 Å². The van der Waals surface area contributed by atoms with Crippen LogP contribution in [0.5, 0.6) is 0 Å². The lowest BCUT2D eigenvalue weighted by Gasteiger charge is -2.27. The van der Waals surface area contributed by atoms with E-state index in [0.29, 0.717) is 5.69 Å². The van der Waals surface area contributed by atoms with Crippen molar-refractivity contribution in [1.82, 2.24) is 14.7 Å². The third-order valence-electron chi connectivity index (χ3n) is 6.53. The van der Waals surface area contributed by atoms with Gasteiger partial charge in [0.25, 0.3) is 5.91 Å². The van der Waals surface area contributed by atoms with Gasteiger partial charge in [0, 0.05) is 23.0 Å². The first-order valence-electron chi connectivity index (χ1n) is 11.7. The third kappa shape index (κ3) is 4.20. The van der Waals surface area contributed by atoms with Crippen molar-refractivity contribution < 1.29 is 18.7 Å². The number of carbonyl (C=O) groups excluding carboxylic acids is 2. The number of ether oxygens (including phenoxy) is 1. The molecule has 1 heterocycles. The normalized spacial score (nSPS) is 18.0. The molecule has 0 bridgehead atoms. The van der Waals surface area contributed by atoms with E-state index in [1.54, 1.807) is 16.8 Å². The Kier molecular flexibility index (Phi) is 5.81. The van der Waals surface area contributed by atoms with Gasteiger partial charge in [0.2, 0.25) is 0 Å². The molecular weight excluding hydrogens is 409 g/mol. The lowest BCUT2D eigenvalue weighted by atomic mass is 9.95. The zero-order valence-electron chi connectivity index (χ0n) is 18.2. The first-order chi connectivity index (χ1) is 15.6. The quantitative estimate of drug-likeness (QED) is 0.625. The summed E-state index contributed by atoms with van der Waals surface area (Å²) in [5.41, 5.74) is 3.91. The van der Waals surface area contributed by atoms with Crippen LogP contribution in [0.4, 0.5) is 4.39 Å². The maximum absolute atomic E-state index is 13.4. The minimum atomic E-state index is -0.564. The van der Waals surface area contributed by atoms with Gasteiger partial charge in [-0.05, 0) is 88.5 Å². The zero-order chi connectivity index (χ0) is 22.1. The number of halogens is 1. The summed E-state index contributed by atoms with van der Waals surface area (Å²) in [4.78, 5) is 27.8. The van der Waals surface area contributed by atoms with Crippen molar-refractivity contribution in [2.45, 2.75) is 70.3 Å². The van der Waals surface area contributed by atoms with E-state index in [1.807, 2.05) is 4.90 Å². The second-order valence-corrected chi connectivity index (χ2v) is 8.88. The molecule has 1 aromatic carbocycles. The molecule has 0 saturated heterocycles. The fraction of sp³-hybridized carbons (Fsp3) is 0.480. The summed E-state index contributed by atoms with van der Waals surface area (Å²) in [6.45, 7) is -0.273. The van der Waals surface area contributed by atoms with Crippen molar-refractivity contribution in [2.24, 2.45) is 0 Å². The van der Waals surface area contributed by atoms with Crippen molar-refractivity contribution in [3.05, 3.63) is 58.8 Å². The Hall–Kier alpha value is -2.96. The standard InChI is InChI=1S/C25H28FN3O3/c26-17-10-12-20(13-11-17)29-22-9-5-4-8-21(22)24(27-29)25(31)32-16-23(30)28(19-14-15-19)18-6-2-1-3-7-18/h6,10-13,19H,1-5,7-9,14-16H2. The molecule has 168 valence electrons. The van der Waals surface area contributed by atoms with Crippen LogP contribution in [0.2, 0.25) is 0 Å². The smallest absolute Gasteiger partial charge is 0.359 e. The van der Waals surface area contributed by atoms with Gasteiger partial charge in [-0.1, -0.05) is 6.08 Å². The first kappa shape index (κ1) is 20.9. The highest BCUT2D eigenvalue weighted by molar-refractivity contribution is 5.91. The monoisotopic (exact) mass is 437 g/mol. The van der Waals surface area contributed by atoms with Gasteiger partial charge in [-0.25, -0.2) is 13.9 Å². The summed E-state index contributed by atoms with van der Waals surface area (Å²) in [5.74, 6) is -1.03. The van der Waals surface area contributed by atoms with Gasteiger partial charge < -0.3 is 9.64 Å². The van der Waals surface area contributed by atoms with Gasteiger partial charge in [0.05, 0.1) is 5.69 Å². The van der Waals surface area contributed by atoms with Crippen LogP contribution in [0, 0.1) is 5.82 Å². The highest BCUT2D eigenvalue weighted by Gasteiger charge is 2.36. The van der Waals surface area contributed by atoms with E-state index >= 15 is 0 Å². The molecule has 6 nitrogen and oxygen atoms in total. The fourth-order valence-corrected chi connectivity index (χ4v) is 4.80. The van der Waals surface area contributed by atoms with Gasteiger partial charge in [0.1, 0.15) is 5.82 Å². The number of nitrogens with zero attached hydrogens (tertiary/aromatic N) is 3. The lowest BCUT2D eigenvalue weighted by molar-refractivity contribution is -0.133. The molecular formula is C25H28FN3O3. The molecule has 7 heteroatoms. The third-order valence-corrected chi connectivity index (χ3v) is 6.53. The Morgan fingerprint density at radius 1 is 1.06 bits per heavy atom. The molecule has 0 unspecified atom stereocenters. The molecule has 3 aliphatic rings. The highest BCUT2D eigenvalue weighted by Crippen LogP contribution is 2.34. The second-order valence-electron chi connectivity index (χ2n) is 8.88. The van der Waals surface area contributed by atoms with Crippen LogP contribution in [0.1, 0.15) is 73.1 Å². The molecule has 0 spiro atoms. The number of esters is 1. The second kappa shape index (κ2) is 8.88. The Morgan fingerprint density at radius 2 is 1.81 bits per heavy atom. The van der Waals surface area contributed by atoms with Crippen molar-refractivity contribution in [3.8, 4) is 5.69 Å². The van der Waals surface area contributed by atoms with Crippen LogP contribution in [-0.2, 0) is 22.4 Å². The molecule has 32 heavy (non-hydrogen) atoms. The Bertz CT molecular complexity index is 1050. The average molecular weight is 438 g/mol. The van der Waals surface area contributed by atoms with E-state index in [9.17, 15) is 14.0 Å². The predicted molar refractivity (Wildman–Crippen MR) is 117 cm³/mol. The minimum absolute atomic E-state index is 0.152. The van der Waals surface area contributed by atoms with E-state index in [0.717, 1.165) is 81.2 Å². The van der Waals surface area contributed by atoms with E-state index in [1.165, 1.54) is 12.1 Å². The van der Waals surface area contributed by atoms with E-state index in [4.69, 9.17) is 4.74 Å². The fourth-order valence-electron chi connectivity index (χ4n) is 4.80. The molecule has 0 aliphatic heterocycles. The number of carbonyl (C=O) groups is 2. The molecule has 1 aromatic heterocycles.